The minimum absolute atomic E-state index is 0.413. The number of nitrogens with zero attached hydrogens (tertiary/aromatic N) is 5. The molecule has 2 N–H and O–H groups in total. The SMILES string of the molecule is COc1cc(N2CCC(N3CCN(C)CC3)CC2)c(Br)cc1Nc1ncc(Br)c(Nc2ccc(C)cc2P(C)(C)=O)n1. The highest BCUT2D eigenvalue weighted by Gasteiger charge is 2.28. The van der Waals surface area contributed by atoms with E-state index >= 15 is 0 Å². The number of methoxy groups -OCH3 is 1. The molecule has 2 aliphatic heterocycles. The molecule has 0 aliphatic carbocycles. The van der Waals surface area contributed by atoms with Crippen LogP contribution in [-0.4, -0.2) is 92.6 Å². The van der Waals surface area contributed by atoms with Gasteiger partial charge in [-0.1, -0.05) is 11.6 Å². The molecule has 3 aromatic rings. The van der Waals surface area contributed by atoms with E-state index in [9.17, 15) is 4.57 Å². The van der Waals surface area contributed by atoms with Crippen molar-refractivity contribution in [3.05, 3.63) is 51.0 Å². The molecule has 0 atom stereocenters. The van der Waals surface area contributed by atoms with Crippen molar-refractivity contribution in [2.24, 2.45) is 0 Å². The molecule has 2 fully saturated rings. The van der Waals surface area contributed by atoms with E-state index < -0.39 is 7.14 Å². The average molecular weight is 721 g/mol. The van der Waals surface area contributed by atoms with Crippen molar-refractivity contribution in [2.75, 3.05) is 82.3 Å². The quantitative estimate of drug-likeness (QED) is 0.262. The number of ether oxygens (including phenoxy) is 1. The van der Waals surface area contributed by atoms with Gasteiger partial charge in [0.1, 0.15) is 18.7 Å². The fraction of sp³-hybridized carbons (Fsp3) is 0.467. The third-order valence-electron chi connectivity index (χ3n) is 8.11. The number of piperidine rings is 1. The summed E-state index contributed by atoms with van der Waals surface area (Å²) >= 11 is 7.38. The summed E-state index contributed by atoms with van der Waals surface area (Å²) in [5, 5.41) is 7.48. The Morgan fingerprint density at radius 1 is 0.952 bits per heavy atom. The first-order chi connectivity index (χ1) is 20.0. The maximum atomic E-state index is 13.0. The molecule has 0 spiro atoms. The zero-order valence-corrected chi connectivity index (χ0v) is 29.0. The Bertz CT molecular complexity index is 1470. The minimum atomic E-state index is -2.51. The molecule has 226 valence electrons. The molecule has 0 radical (unpaired) electrons. The predicted octanol–water partition coefficient (Wildman–Crippen LogP) is 6.27. The number of halogens is 2. The summed E-state index contributed by atoms with van der Waals surface area (Å²) in [6.07, 6.45) is 4.02. The summed E-state index contributed by atoms with van der Waals surface area (Å²) in [5.74, 6) is 1.70. The van der Waals surface area contributed by atoms with Crippen LogP contribution in [-0.2, 0) is 4.57 Å². The number of nitrogens with one attached hydrogen (secondary N) is 2. The molecular formula is C30H40Br2N7O2P. The van der Waals surface area contributed by atoms with Crippen molar-refractivity contribution in [1.29, 1.82) is 0 Å². The van der Waals surface area contributed by atoms with Crippen molar-refractivity contribution in [3.8, 4) is 5.75 Å². The normalized spacial score (nSPS) is 17.4. The molecule has 12 heteroatoms. The van der Waals surface area contributed by atoms with E-state index in [1.54, 1.807) is 26.6 Å². The lowest BCUT2D eigenvalue weighted by Gasteiger charge is -2.42. The van der Waals surface area contributed by atoms with Gasteiger partial charge in [0.2, 0.25) is 5.95 Å². The van der Waals surface area contributed by atoms with Gasteiger partial charge in [0.05, 0.1) is 28.6 Å². The predicted molar refractivity (Wildman–Crippen MR) is 182 cm³/mol. The van der Waals surface area contributed by atoms with Crippen LogP contribution < -0.4 is 25.6 Å². The number of anilines is 5. The fourth-order valence-electron chi connectivity index (χ4n) is 5.67. The number of hydrogen-bond acceptors (Lipinski definition) is 9. The second-order valence-corrected chi connectivity index (χ2v) is 16.5. The van der Waals surface area contributed by atoms with E-state index in [0.29, 0.717) is 28.0 Å². The minimum Gasteiger partial charge on any atom is -0.494 e. The van der Waals surface area contributed by atoms with Crippen LogP contribution in [0.5, 0.6) is 5.75 Å². The summed E-state index contributed by atoms with van der Waals surface area (Å²) in [6, 6.07) is 10.7. The van der Waals surface area contributed by atoms with Crippen molar-refractivity contribution >= 4 is 73.1 Å². The lowest BCUT2D eigenvalue weighted by atomic mass is 10.0. The van der Waals surface area contributed by atoms with Crippen molar-refractivity contribution in [1.82, 2.24) is 19.8 Å². The molecule has 3 heterocycles. The molecule has 0 amide bonds. The maximum absolute atomic E-state index is 13.0. The summed E-state index contributed by atoms with van der Waals surface area (Å²) in [7, 11) is 1.38. The number of aryl methyl sites for hydroxylation is 1. The van der Waals surface area contributed by atoms with Crippen LogP contribution in [0.25, 0.3) is 0 Å². The molecule has 2 aromatic carbocycles. The lowest BCUT2D eigenvalue weighted by Crippen LogP contribution is -2.52. The van der Waals surface area contributed by atoms with Crippen LogP contribution in [0.4, 0.5) is 28.8 Å². The first kappa shape index (κ1) is 31.3. The van der Waals surface area contributed by atoms with E-state index in [1.165, 1.54) is 13.1 Å². The van der Waals surface area contributed by atoms with E-state index in [4.69, 9.17) is 9.72 Å². The van der Waals surface area contributed by atoms with E-state index in [-0.39, 0.29) is 0 Å². The smallest absolute Gasteiger partial charge is 0.229 e. The first-order valence-corrected chi connectivity index (χ1v) is 18.5. The molecule has 2 saturated heterocycles. The average Bonchev–Trinajstić information content (AvgIpc) is 2.96. The molecule has 9 nitrogen and oxygen atoms in total. The van der Waals surface area contributed by atoms with Crippen LogP contribution in [0.3, 0.4) is 0 Å². The van der Waals surface area contributed by atoms with Gasteiger partial charge in [-0.05, 0) is 90.2 Å². The van der Waals surface area contributed by atoms with Gasteiger partial charge >= 0.3 is 0 Å². The largest absolute Gasteiger partial charge is 0.494 e. The number of hydrogen-bond donors (Lipinski definition) is 2. The second kappa shape index (κ2) is 13.2. The van der Waals surface area contributed by atoms with Crippen LogP contribution in [0.1, 0.15) is 18.4 Å². The summed E-state index contributed by atoms with van der Waals surface area (Å²) in [4.78, 5) is 16.7. The van der Waals surface area contributed by atoms with Crippen LogP contribution in [0.15, 0.2) is 45.5 Å². The van der Waals surface area contributed by atoms with Gasteiger partial charge in [-0.3, -0.25) is 4.90 Å². The molecule has 0 bridgehead atoms. The van der Waals surface area contributed by atoms with Crippen LogP contribution in [0.2, 0.25) is 0 Å². The molecule has 5 rings (SSSR count). The van der Waals surface area contributed by atoms with Gasteiger partial charge in [0, 0.05) is 67.4 Å². The molecule has 42 heavy (non-hydrogen) atoms. The van der Waals surface area contributed by atoms with Crippen molar-refractivity contribution in [3.63, 3.8) is 0 Å². The zero-order chi connectivity index (χ0) is 30.0. The third kappa shape index (κ3) is 7.30. The van der Waals surface area contributed by atoms with Gasteiger partial charge < -0.3 is 29.7 Å². The number of piperazine rings is 1. The van der Waals surface area contributed by atoms with Gasteiger partial charge in [-0.2, -0.15) is 4.98 Å². The maximum Gasteiger partial charge on any atom is 0.229 e. The number of likely N-dealkylation sites (N-methyl/N-ethyl adjacent to an activating group) is 1. The third-order valence-corrected chi connectivity index (χ3v) is 10.9. The van der Waals surface area contributed by atoms with E-state index in [2.05, 4.69) is 75.3 Å². The monoisotopic (exact) mass is 719 g/mol. The zero-order valence-electron chi connectivity index (χ0n) is 25.0. The summed E-state index contributed by atoms with van der Waals surface area (Å²) in [6.45, 7) is 12.2. The highest BCUT2D eigenvalue weighted by molar-refractivity contribution is 9.11. The topological polar surface area (TPSA) is 85.9 Å². The number of rotatable bonds is 8. The molecular weight excluding hydrogens is 681 g/mol. The lowest BCUT2D eigenvalue weighted by molar-refractivity contribution is 0.0982. The molecule has 2 aliphatic rings. The Hall–Kier alpha value is -2.17. The van der Waals surface area contributed by atoms with Crippen LogP contribution >= 0.6 is 39.0 Å². The Morgan fingerprint density at radius 2 is 1.67 bits per heavy atom. The van der Waals surface area contributed by atoms with E-state index in [0.717, 1.165) is 71.4 Å². The van der Waals surface area contributed by atoms with Gasteiger partial charge in [0.15, 0.2) is 0 Å². The van der Waals surface area contributed by atoms with Gasteiger partial charge in [0.25, 0.3) is 0 Å². The van der Waals surface area contributed by atoms with Crippen LogP contribution in [0, 0.1) is 6.92 Å². The molecule has 1 aromatic heterocycles. The molecule has 0 unspecified atom stereocenters. The highest BCUT2D eigenvalue weighted by atomic mass is 79.9. The Labute approximate surface area is 266 Å². The van der Waals surface area contributed by atoms with Gasteiger partial charge in [-0.25, -0.2) is 4.98 Å². The van der Waals surface area contributed by atoms with Crippen molar-refractivity contribution < 1.29 is 9.30 Å². The summed E-state index contributed by atoms with van der Waals surface area (Å²) < 4.78 is 20.5. The summed E-state index contributed by atoms with van der Waals surface area (Å²) in [5.41, 5.74) is 3.71. The number of aromatic nitrogens is 2. The Morgan fingerprint density at radius 3 is 2.33 bits per heavy atom. The van der Waals surface area contributed by atoms with Crippen molar-refractivity contribution in [2.45, 2.75) is 25.8 Å². The second-order valence-electron chi connectivity index (χ2n) is 11.6. The Kier molecular flexibility index (Phi) is 9.84. The standard InChI is InChI=1S/C30H40Br2N7O2P/c1-20-6-7-24(28(16-20)42(4,5)40)34-29-23(32)19-33-30(36-29)35-25-17-22(31)26(18-27(25)41-3)39-10-8-21(9-11-39)38-14-12-37(2)13-15-38/h6-7,16-19,21H,8-15H2,1-5H3,(H2,33,34,35,36). The first-order valence-electron chi connectivity index (χ1n) is 14.3. The fourth-order valence-corrected chi connectivity index (χ4v) is 7.78. The van der Waals surface area contributed by atoms with Gasteiger partial charge in [-0.15, -0.1) is 0 Å². The molecule has 0 saturated carbocycles. The Balaban J connectivity index is 1.31. The van der Waals surface area contributed by atoms with E-state index in [1.807, 2.05) is 31.2 Å². The number of benzene rings is 2. The highest BCUT2D eigenvalue weighted by Crippen LogP contribution is 2.41.